The zero-order chi connectivity index (χ0) is 12.8. The monoisotopic (exact) mass is 239 g/mol. The molecule has 0 saturated heterocycles. The molecule has 0 saturated carbocycles. The number of aromatic nitrogens is 1. The maximum absolute atomic E-state index is 10.9. The quantitative estimate of drug-likeness (QED) is 0.756. The fraction of sp³-hybridized carbons (Fsp3) is 0.143. The molecular weight excluding hydrogens is 226 g/mol. The summed E-state index contributed by atoms with van der Waals surface area (Å²) < 4.78 is 0. The number of nitrogens with one attached hydrogen (secondary N) is 1. The molecule has 1 amide bonds. The lowest BCUT2D eigenvalue weighted by molar-refractivity contribution is -0.119. The number of carbonyl (C=O) groups is 1. The molecule has 1 aromatic heterocycles. The molecule has 0 aliphatic heterocycles. The lowest BCUT2D eigenvalue weighted by atomic mass is 10.1. The number of benzene rings is 1. The van der Waals surface area contributed by atoms with Crippen LogP contribution >= 0.6 is 0 Å². The molecule has 3 N–H and O–H groups in total. The number of nitrogens with two attached hydrogens (primary N) is 1. The molecule has 2 aromatic rings. The van der Waals surface area contributed by atoms with Gasteiger partial charge in [-0.25, -0.2) is 0 Å². The van der Waals surface area contributed by atoms with Crippen LogP contribution in [0.4, 0.5) is 0 Å². The second-order valence-electron chi connectivity index (χ2n) is 3.69. The zero-order valence-electron chi connectivity index (χ0n) is 9.81. The second kappa shape index (κ2) is 5.80. The van der Waals surface area contributed by atoms with Gasteiger partial charge < -0.3 is 11.1 Å². The van der Waals surface area contributed by atoms with Crippen molar-refractivity contribution in [1.29, 1.82) is 0 Å². The molecule has 0 bridgehead atoms. The van der Waals surface area contributed by atoms with Crippen LogP contribution in [0.3, 0.4) is 0 Å². The molecule has 18 heavy (non-hydrogen) atoms. The van der Waals surface area contributed by atoms with E-state index in [2.05, 4.69) is 22.1 Å². The van der Waals surface area contributed by atoms with Crippen molar-refractivity contribution in [3.05, 3.63) is 42.2 Å². The molecule has 0 radical (unpaired) electrons. The number of amides is 1. The van der Waals surface area contributed by atoms with Crippen LogP contribution in [0.2, 0.25) is 0 Å². The van der Waals surface area contributed by atoms with E-state index in [0.717, 1.165) is 16.3 Å². The minimum absolute atomic E-state index is 0.0140. The Labute approximate surface area is 105 Å². The van der Waals surface area contributed by atoms with Crippen LogP contribution in [0.15, 0.2) is 36.7 Å². The number of fused-ring (bicyclic) bond motifs is 1. The van der Waals surface area contributed by atoms with E-state index < -0.39 is 0 Å². The predicted octanol–water partition coefficient (Wildman–Crippen LogP) is 0.661. The van der Waals surface area contributed by atoms with Crippen molar-refractivity contribution >= 4 is 16.7 Å². The van der Waals surface area contributed by atoms with Crippen LogP contribution in [-0.2, 0) is 4.79 Å². The number of pyridine rings is 1. The van der Waals surface area contributed by atoms with Gasteiger partial charge in [-0.1, -0.05) is 24.0 Å². The van der Waals surface area contributed by atoms with Crippen LogP contribution in [-0.4, -0.2) is 24.0 Å². The summed E-state index contributed by atoms with van der Waals surface area (Å²) in [7, 11) is 0. The summed E-state index contributed by atoms with van der Waals surface area (Å²) in [5.74, 6) is 5.71. The third-order valence-electron chi connectivity index (χ3n) is 2.47. The molecular formula is C14H13N3O. The van der Waals surface area contributed by atoms with Gasteiger partial charge in [0.1, 0.15) is 0 Å². The SMILES string of the molecule is NCC(=O)NCC#Cc1cccc2ccncc12. The highest BCUT2D eigenvalue weighted by molar-refractivity contribution is 5.87. The highest BCUT2D eigenvalue weighted by atomic mass is 16.1. The van der Waals surface area contributed by atoms with Gasteiger partial charge in [0.2, 0.25) is 5.91 Å². The standard InChI is InChI=1S/C14H13N3O/c15-9-14(18)17-7-2-5-11-3-1-4-12-6-8-16-10-13(11)12/h1,3-4,6,8,10H,7,9,15H2,(H,17,18). The fourth-order valence-corrected chi connectivity index (χ4v) is 1.58. The van der Waals surface area contributed by atoms with E-state index in [-0.39, 0.29) is 12.5 Å². The Bertz CT molecular complexity index is 620. The first-order chi connectivity index (χ1) is 8.81. The number of hydrogen-bond donors (Lipinski definition) is 2. The van der Waals surface area contributed by atoms with Crippen molar-refractivity contribution in [2.75, 3.05) is 13.1 Å². The summed E-state index contributed by atoms with van der Waals surface area (Å²) in [6, 6.07) is 7.83. The Balaban J connectivity index is 2.17. The Hall–Kier alpha value is -2.38. The topological polar surface area (TPSA) is 68.0 Å². The van der Waals surface area contributed by atoms with Crippen LogP contribution < -0.4 is 11.1 Å². The Kier molecular flexibility index (Phi) is 3.90. The van der Waals surface area contributed by atoms with Gasteiger partial charge in [-0.3, -0.25) is 9.78 Å². The van der Waals surface area contributed by atoms with E-state index in [1.54, 1.807) is 12.4 Å². The first-order valence-corrected chi connectivity index (χ1v) is 5.59. The first kappa shape index (κ1) is 12.1. The van der Waals surface area contributed by atoms with Crippen LogP contribution in [0.1, 0.15) is 5.56 Å². The summed E-state index contributed by atoms with van der Waals surface area (Å²) in [6.07, 6.45) is 3.54. The number of hydrogen-bond acceptors (Lipinski definition) is 3. The summed E-state index contributed by atoms with van der Waals surface area (Å²) >= 11 is 0. The summed E-state index contributed by atoms with van der Waals surface area (Å²) in [5.41, 5.74) is 6.08. The zero-order valence-corrected chi connectivity index (χ0v) is 9.81. The van der Waals surface area contributed by atoms with Crippen molar-refractivity contribution in [1.82, 2.24) is 10.3 Å². The molecule has 0 atom stereocenters. The van der Waals surface area contributed by atoms with Crippen LogP contribution in [0, 0.1) is 11.8 Å². The fourth-order valence-electron chi connectivity index (χ4n) is 1.58. The Morgan fingerprint density at radius 2 is 2.28 bits per heavy atom. The van der Waals surface area contributed by atoms with Gasteiger partial charge >= 0.3 is 0 Å². The first-order valence-electron chi connectivity index (χ1n) is 5.59. The maximum atomic E-state index is 10.9. The third-order valence-corrected chi connectivity index (χ3v) is 2.47. The molecule has 4 nitrogen and oxygen atoms in total. The molecule has 0 unspecified atom stereocenters. The third kappa shape index (κ3) is 2.84. The average molecular weight is 239 g/mol. The molecule has 0 aliphatic rings. The maximum Gasteiger partial charge on any atom is 0.234 e. The minimum Gasteiger partial charge on any atom is -0.344 e. The molecule has 2 rings (SSSR count). The van der Waals surface area contributed by atoms with Crippen molar-refractivity contribution in [2.24, 2.45) is 5.73 Å². The van der Waals surface area contributed by atoms with E-state index >= 15 is 0 Å². The van der Waals surface area contributed by atoms with Gasteiger partial charge in [-0.05, 0) is 17.5 Å². The number of nitrogens with zero attached hydrogens (tertiary/aromatic N) is 1. The molecule has 1 heterocycles. The van der Waals surface area contributed by atoms with E-state index in [0.29, 0.717) is 6.54 Å². The van der Waals surface area contributed by atoms with Gasteiger partial charge in [0, 0.05) is 23.3 Å². The number of rotatable bonds is 2. The highest BCUT2D eigenvalue weighted by Gasteiger charge is 1.97. The molecule has 1 aromatic carbocycles. The minimum atomic E-state index is -0.205. The normalized spacial score (nSPS) is 9.61. The summed E-state index contributed by atoms with van der Waals surface area (Å²) in [6.45, 7) is 0.284. The van der Waals surface area contributed by atoms with Gasteiger partial charge in [-0.15, -0.1) is 0 Å². The lowest BCUT2D eigenvalue weighted by Gasteiger charge is -1.99. The van der Waals surface area contributed by atoms with E-state index in [1.165, 1.54) is 0 Å². The van der Waals surface area contributed by atoms with E-state index in [4.69, 9.17) is 5.73 Å². The Morgan fingerprint density at radius 3 is 3.11 bits per heavy atom. The van der Waals surface area contributed by atoms with Gasteiger partial charge in [0.15, 0.2) is 0 Å². The predicted molar refractivity (Wildman–Crippen MR) is 70.7 cm³/mol. The van der Waals surface area contributed by atoms with Gasteiger partial charge in [-0.2, -0.15) is 0 Å². The molecule has 0 aliphatic carbocycles. The van der Waals surface area contributed by atoms with E-state index in [1.807, 2.05) is 24.3 Å². The molecule has 90 valence electrons. The molecule has 0 spiro atoms. The summed E-state index contributed by atoms with van der Waals surface area (Å²) in [5, 5.41) is 4.71. The second-order valence-corrected chi connectivity index (χ2v) is 3.69. The highest BCUT2D eigenvalue weighted by Crippen LogP contribution is 2.15. The van der Waals surface area contributed by atoms with Gasteiger partial charge in [0.25, 0.3) is 0 Å². The van der Waals surface area contributed by atoms with Crippen molar-refractivity contribution in [3.63, 3.8) is 0 Å². The smallest absolute Gasteiger partial charge is 0.234 e. The summed E-state index contributed by atoms with van der Waals surface area (Å²) in [4.78, 5) is 15.0. The van der Waals surface area contributed by atoms with Crippen LogP contribution in [0.25, 0.3) is 10.8 Å². The van der Waals surface area contributed by atoms with E-state index in [9.17, 15) is 4.79 Å². The lowest BCUT2D eigenvalue weighted by Crippen LogP contribution is -2.30. The van der Waals surface area contributed by atoms with Crippen LogP contribution in [0.5, 0.6) is 0 Å². The average Bonchev–Trinajstić information content (AvgIpc) is 2.43. The van der Waals surface area contributed by atoms with Gasteiger partial charge in [0.05, 0.1) is 13.1 Å². The van der Waals surface area contributed by atoms with Crippen molar-refractivity contribution in [3.8, 4) is 11.8 Å². The Morgan fingerprint density at radius 1 is 1.39 bits per heavy atom. The number of carbonyl (C=O) groups excluding carboxylic acids is 1. The van der Waals surface area contributed by atoms with Crippen molar-refractivity contribution in [2.45, 2.75) is 0 Å². The van der Waals surface area contributed by atoms with Crippen molar-refractivity contribution < 1.29 is 4.79 Å². The molecule has 4 heteroatoms. The molecule has 0 fully saturated rings. The largest absolute Gasteiger partial charge is 0.344 e.